The van der Waals surface area contributed by atoms with Gasteiger partial charge in [0, 0.05) is 6.54 Å². The first kappa shape index (κ1) is 15.0. The Bertz CT molecular complexity index is 409. The second-order valence-corrected chi connectivity index (χ2v) is 4.61. The van der Waals surface area contributed by atoms with Crippen molar-refractivity contribution in [2.45, 2.75) is 38.8 Å². The van der Waals surface area contributed by atoms with E-state index in [0.29, 0.717) is 6.42 Å². The Morgan fingerprint density at radius 1 is 1.39 bits per heavy atom. The van der Waals surface area contributed by atoms with Gasteiger partial charge in [0.25, 0.3) is 0 Å². The van der Waals surface area contributed by atoms with Crippen molar-refractivity contribution in [2.24, 2.45) is 0 Å². The van der Waals surface area contributed by atoms with Gasteiger partial charge in [-0.15, -0.1) is 12.4 Å². The molecule has 0 bridgehead atoms. The summed E-state index contributed by atoms with van der Waals surface area (Å²) in [5, 5.41) is 9.22. The molecule has 1 aliphatic rings. The molecule has 0 spiro atoms. The van der Waals surface area contributed by atoms with E-state index in [-0.39, 0.29) is 18.4 Å². The lowest BCUT2D eigenvalue weighted by molar-refractivity contribution is -0.143. The molecule has 1 atom stereocenters. The summed E-state index contributed by atoms with van der Waals surface area (Å²) in [7, 11) is 0. The molecular weight excluding hydrogens is 250 g/mol. The molecule has 0 aromatic heterocycles. The predicted molar refractivity (Wildman–Crippen MR) is 74.1 cm³/mol. The summed E-state index contributed by atoms with van der Waals surface area (Å²) in [5.41, 5.74) is 2.65. The van der Waals surface area contributed by atoms with E-state index in [2.05, 4.69) is 23.1 Å². The average molecular weight is 270 g/mol. The van der Waals surface area contributed by atoms with E-state index >= 15 is 0 Å². The van der Waals surface area contributed by atoms with E-state index in [9.17, 15) is 9.90 Å². The molecule has 0 aliphatic carbocycles. The fraction of sp³-hybridized carbons (Fsp3) is 0.500. The number of benzene rings is 1. The summed E-state index contributed by atoms with van der Waals surface area (Å²) in [5.74, 6) is -0.702. The number of carboxylic acids is 1. The van der Waals surface area contributed by atoms with Crippen LogP contribution in [0, 0.1) is 0 Å². The van der Waals surface area contributed by atoms with E-state index in [0.717, 1.165) is 25.9 Å². The van der Waals surface area contributed by atoms with Crippen LogP contribution in [0.2, 0.25) is 0 Å². The van der Waals surface area contributed by atoms with Crippen LogP contribution >= 0.6 is 12.4 Å². The highest BCUT2D eigenvalue weighted by atomic mass is 35.5. The highest BCUT2D eigenvalue weighted by Crippen LogP contribution is 2.20. The normalized spacial score (nSPS) is 17.2. The summed E-state index contributed by atoms with van der Waals surface area (Å²) in [6.45, 7) is 3.58. The summed E-state index contributed by atoms with van der Waals surface area (Å²) in [4.78, 5) is 13.3. The Morgan fingerprint density at radius 3 is 2.67 bits per heavy atom. The van der Waals surface area contributed by atoms with Crippen molar-refractivity contribution >= 4 is 18.4 Å². The zero-order valence-corrected chi connectivity index (χ0v) is 11.4. The molecule has 1 unspecified atom stereocenters. The summed E-state index contributed by atoms with van der Waals surface area (Å²) >= 11 is 0. The number of carboxylic acid groups (broad SMARTS) is 1. The Hall–Kier alpha value is -1.06. The van der Waals surface area contributed by atoms with Gasteiger partial charge < -0.3 is 5.11 Å². The van der Waals surface area contributed by atoms with Crippen molar-refractivity contribution in [1.29, 1.82) is 0 Å². The van der Waals surface area contributed by atoms with Crippen LogP contribution in [0.5, 0.6) is 0 Å². The molecule has 0 amide bonds. The van der Waals surface area contributed by atoms with Gasteiger partial charge in [-0.1, -0.05) is 31.2 Å². The molecule has 0 saturated heterocycles. The maximum absolute atomic E-state index is 11.2. The smallest absolute Gasteiger partial charge is 0.320 e. The highest BCUT2D eigenvalue weighted by molar-refractivity contribution is 5.85. The number of aryl methyl sites for hydroxylation is 1. The molecule has 0 saturated carbocycles. The Balaban J connectivity index is 0.00000162. The number of hydrogen-bond acceptors (Lipinski definition) is 2. The van der Waals surface area contributed by atoms with Crippen molar-refractivity contribution < 1.29 is 9.90 Å². The molecule has 1 N–H and O–H groups in total. The second kappa shape index (κ2) is 6.76. The molecule has 1 aliphatic heterocycles. The SMILES string of the molecule is CCC(C(=O)O)N1CCCc2ccccc2C1.Cl. The number of nitrogens with zero attached hydrogens (tertiary/aromatic N) is 1. The van der Waals surface area contributed by atoms with Gasteiger partial charge in [0.05, 0.1) is 0 Å². The molecule has 3 nitrogen and oxygen atoms in total. The van der Waals surface area contributed by atoms with Crippen molar-refractivity contribution in [3.63, 3.8) is 0 Å². The van der Waals surface area contributed by atoms with Gasteiger partial charge in [-0.25, -0.2) is 0 Å². The van der Waals surface area contributed by atoms with Gasteiger partial charge in [-0.3, -0.25) is 9.69 Å². The van der Waals surface area contributed by atoms with Crippen LogP contribution in [0.25, 0.3) is 0 Å². The summed E-state index contributed by atoms with van der Waals surface area (Å²) in [6, 6.07) is 8.01. The molecule has 1 aromatic rings. The van der Waals surface area contributed by atoms with Gasteiger partial charge >= 0.3 is 5.97 Å². The summed E-state index contributed by atoms with van der Waals surface area (Å²) in [6.07, 6.45) is 2.76. The number of rotatable bonds is 3. The van der Waals surface area contributed by atoms with E-state index in [4.69, 9.17) is 0 Å². The van der Waals surface area contributed by atoms with Crippen molar-refractivity contribution in [3.05, 3.63) is 35.4 Å². The predicted octanol–water partition coefficient (Wildman–Crippen LogP) is 2.72. The van der Waals surface area contributed by atoms with Gasteiger partial charge in [0.15, 0.2) is 0 Å². The van der Waals surface area contributed by atoms with E-state index in [1.807, 2.05) is 13.0 Å². The zero-order chi connectivity index (χ0) is 12.3. The van der Waals surface area contributed by atoms with Crippen molar-refractivity contribution in [3.8, 4) is 0 Å². The van der Waals surface area contributed by atoms with Gasteiger partial charge in [0.1, 0.15) is 6.04 Å². The standard InChI is InChI=1S/C14H19NO2.ClH/c1-2-13(14(16)17)15-9-5-8-11-6-3-4-7-12(11)10-15;/h3-4,6-7,13H,2,5,8-10H2,1H3,(H,16,17);1H. The highest BCUT2D eigenvalue weighted by Gasteiger charge is 2.25. The van der Waals surface area contributed by atoms with E-state index in [1.54, 1.807) is 0 Å². The number of fused-ring (bicyclic) bond motifs is 1. The molecule has 1 aromatic carbocycles. The monoisotopic (exact) mass is 269 g/mol. The van der Waals surface area contributed by atoms with Crippen LogP contribution in [-0.2, 0) is 17.8 Å². The first-order chi connectivity index (χ1) is 8.22. The number of halogens is 1. The number of aliphatic carboxylic acids is 1. The molecule has 4 heteroatoms. The van der Waals surface area contributed by atoms with Crippen LogP contribution in [0.3, 0.4) is 0 Å². The van der Waals surface area contributed by atoms with Crippen LogP contribution < -0.4 is 0 Å². The maximum atomic E-state index is 11.2. The Labute approximate surface area is 114 Å². The summed E-state index contributed by atoms with van der Waals surface area (Å²) < 4.78 is 0. The van der Waals surface area contributed by atoms with Crippen molar-refractivity contribution in [1.82, 2.24) is 4.90 Å². The van der Waals surface area contributed by atoms with Gasteiger partial charge in [0.2, 0.25) is 0 Å². The fourth-order valence-electron chi connectivity index (χ4n) is 2.58. The molecule has 2 rings (SSSR count). The minimum Gasteiger partial charge on any atom is -0.480 e. The first-order valence-electron chi connectivity index (χ1n) is 6.26. The largest absolute Gasteiger partial charge is 0.480 e. The van der Waals surface area contributed by atoms with E-state index < -0.39 is 5.97 Å². The minimum absolute atomic E-state index is 0. The Morgan fingerprint density at radius 2 is 2.06 bits per heavy atom. The Kier molecular flexibility index (Phi) is 5.63. The van der Waals surface area contributed by atoms with Gasteiger partial charge in [-0.05, 0) is 36.9 Å². The molecular formula is C14H20ClNO2. The van der Waals surface area contributed by atoms with Crippen LogP contribution in [-0.4, -0.2) is 28.6 Å². The molecule has 1 heterocycles. The maximum Gasteiger partial charge on any atom is 0.320 e. The lowest BCUT2D eigenvalue weighted by Gasteiger charge is -2.26. The third kappa shape index (κ3) is 3.24. The van der Waals surface area contributed by atoms with Gasteiger partial charge in [-0.2, -0.15) is 0 Å². The molecule has 0 fully saturated rings. The molecule has 0 radical (unpaired) electrons. The van der Waals surface area contributed by atoms with Crippen LogP contribution in [0.4, 0.5) is 0 Å². The van der Waals surface area contributed by atoms with Crippen LogP contribution in [0.15, 0.2) is 24.3 Å². The topological polar surface area (TPSA) is 40.5 Å². The third-order valence-corrected chi connectivity index (χ3v) is 3.50. The van der Waals surface area contributed by atoms with E-state index in [1.165, 1.54) is 11.1 Å². The number of hydrogen-bond donors (Lipinski definition) is 1. The number of carbonyl (C=O) groups is 1. The fourth-order valence-corrected chi connectivity index (χ4v) is 2.58. The molecule has 18 heavy (non-hydrogen) atoms. The average Bonchev–Trinajstić information content (AvgIpc) is 2.51. The van der Waals surface area contributed by atoms with Crippen LogP contribution in [0.1, 0.15) is 30.9 Å². The lowest BCUT2D eigenvalue weighted by Crippen LogP contribution is -2.40. The quantitative estimate of drug-likeness (QED) is 0.917. The molecule has 100 valence electrons. The third-order valence-electron chi connectivity index (χ3n) is 3.50. The zero-order valence-electron chi connectivity index (χ0n) is 10.6. The minimum atomic E-state index is -0.702. The van der Waals surface area contributed by atoms with Crippen molar-refractivity contribution in [2.75, 3.05) is 6.54 Å². The second-order valence-electron chi connectivity index (χ2n) is 4.61. The first-order valence-corrected chi connectivity index (χ1v) is 6.26. The lowest BCUT2D eigenvalue weighted by atomic mass is 10.0.